The number of nitrogens with one attached hydrogen (secondary N) is 1. The third kappa shape index (κ3) is 7.44. The van der Waals surface area contributed by atoms with Crippen molar-refractivity contribution in [3.05, 3.63) is 89.5 Å². The Balaban J connectivity index is 1.09. The van der Waals surface area contributed by atoms with E-state index in [1.54, 1.807) is 48.6 Å². The van der Waals surface area contributed by atoms with Crippen molar-refractivity contribution in [3.63, 3.8) is 0 Å². The maximum absolute atomic E-state index is 13.0. The predicted molar refractivity (Wildman–Crippen MR) is 216 cm³/mol. The number of benzene rings is 3. The smallest absolute Gasteiger partial charge is 0.336 e. The second-order valence-corrected chi connectivity index (χ2v) is 15.2. The number of nitrogens with zero attached hydrogens (tertiary/aromatic N) is 3. The number of rotatable bonds is 13. The van der Waals surface area contributed by atoms with Crippen molar-refractivity contribution in [2.75, 3.05) is 13.2 Å². The van der Waals surface area contributed by atoms with Crippen molar-refractivity contribution in [1.29, 1.82) is 5.41 Å². The second kappa shape index (κ2) is 16.4. The van der Waals surface area contributed by atoms with Crippen LogP contribution in [0.3, 0.4) is 0 Å². The molecule has 60 heavy (non-hydrogen) atoms. The Morgan fingerprint density at radius 3 is 2.45 bits per heavy atom. The van der Waals surface area contributed by atoms with Crippen LogP contribution in [0.5, 0.6) is 34.5 Å². The Kier molecular flexibility index (Phi) is 11.1. The molecule has 0 bridgehead atoms. The first-order chi connectivity index (χ1) is 28.9. The Hall–Kier alpha value is -6.27. The number of carbonyl (C=O) groups is 1. The quantitative estimate of drug-likeness (QED) is 0.118. The molecule has 0 amide bonds. The number of phenols is 2. The summed E-state index contributed by atoms with van der Waals surface area (Å²) in [7, 11) is 0. The van der Waals surface area contributed by atoms with Gasteiger partial charge in [-0.3, -0.25) is 10.4 Å². The third-order valence-corrected chi connectivity index (χ3v) is 11.6. The Morgan fingerprint density at radius 1 is 0.983 bits per heavy atom. The molecule has 4 heterocycles. The molecule has 3 aromatic carbocycles. The van der Waals surface area contributed by atoms with Gasteiger partial charge in [-0.25, -0.2) is 14.8 Å². The number of carboxylic acid groups (broad SMARTS) is 1. The highest BCUT2D eigenvalue weighted by Crippen LogP contribution is 2.55. The van der Waals surface area contributed by atoms with Gasteiger partial charge < -0.3 is 59.4 Å². The molecule has 0 radical (unpaired) electrons. The number of phenolic OH excluding ortho intramolecular Hbond substituents is 2. The molecule has 1 unspecified atom stereocenters. The summed E-state index contributed by atoms with van der Waals surface area (Å²) in [6, 6.07) is 14.3. The first-order valence-corrected chi connectivity index (χ1v) is 19.5. The van der Waals surface area contributed by atoms with Crippen LogP contribution in [0.15, 0.2) is 87.8 Å². The number of fused-ring (bicyclic) bond motifs is 1. The normalized spacial score (nSPS) is 26.7. The van der Waals surface area contributed by atoms with E-state index in [4.69, 9.17) is 29.1 Å². The number of aliphatic hydroxyl groups is 4. The van der Waals surface area contributed by atoms with E-state index >= 15 is 0 Å². The molecule has 5 aliphatic rings. The van der Waals surface area contributed by atoms with Crippen molar-refractivity contribution < 1.29 is 64.2 Å². The summed E-state index contributed by atoms with van der Waals surface area (Å²) in [5.74, 6) is -2.76. The van der Waals surface area contributed by atoms with Crippen LogP contribution < -0.4 is 18.9 Å². The molecule has 314 valence electrons. The number of hydrogen-bond acceptors (Lipinski definition) is 15. The lowest BCUT2D eigenvalue weighted by molar-refractivity contribution is -0.326. The molecule has 17 nitrogen and oxygen atoms in total. The van der Waals surface area contributed by atoms with Gasteiger partial charge >= 0.3 is 5.97 Å². The summed E-state index contributed by atoms with van der Waals surface area (Å²) in [5, 5.41) is 87.2. The number of aliphatic imine (C=N–C) groups is 3. The number of ether oxygens (including phenoxy) is 5. The van der Waals surface area contributed by atoms with E-state index in [1.165, 1.54) is 30.6 Å². The van der Waals surface area contributed by atoms with Gasteiger partial charge in [0.05, 0.1) is 18.9 Å². The first kappa shape index (κ1) is 40.5. The number of hydrogen-bond donors (Lipinski definition) is 8. The average molecular weight is 825 g/mol. The van der Waals surface area contributed by atoms with E-state index in [9.17, 15) is 40.5 Å². The molecular weight excluding hydrogens is 780 g/mol. The number of allylic oxidation sites excluding steroid dienone is 1. The molecule has 2 fully saturated rings. The number of aliphatic carboxylic acids is 1. The molecule has 4 aliphatic heterocycles. The zero-order valence-corrected chi connectivity index (χ0v) is 32.2. The fourth-order valence-corrected chi connectivity index (χ4v) is 8.62. The molecule has 3 aromatic rings. The van der Waals surface area contributed by atoms with Crippen LogP contribution >= 0.6 is 0 Å². The Labute approximate surface area is 343 Å². The van der Waals surface area contributed by atoms with Gasteiger partial charge in [0.2, 0.25) is 12.0 Å². The van der Waals surface area contributed by atoms with Crippen molar-refractivity contribution in [2.45, 2.75) is 81.4 Å². The molecule has 8 N–H and O–H groups in total. The molecule has 1 saturated carbocycles. The van der Waals surface area contributed by atoms with E-state index in [1.807, 2.05) is 0 Å². The zero-order chi connectivity index (χ0) is 42.2. The second-order valence-electron chi connectivity index (χ2n) is 15.2. The maximum Gasteiger partial charge on any atom is 0.336 e. The van der Waals surface area contributed by atoms with Crippen LogP contribution in [-0.4, -0.2) is 109 Å². The number of amidine groups is 1. The minimum atomic E-state index is -2.57. The zero-order valence-electron chi connectivity index (χ0n) is 32.2. The highest BCUT2D eigenvalue weighted by atomic mass is 16.7. The first-order valence-electron chi connectivity index (χ1n) is 19.5. The van der Waals surface area contributed by atoms with Crippen LogP contribution in [-0.2, 0) is 16.1 Å². The SMILES string of the molecule is N=C1C=CC(CCOc2ccc(C3C=C(O)c4c(cc(O[C@@H]5O[C@H](C(=O)O)[C@](O)(C6(C7=NC=NC7)CCCCC6)[C@@H](O)[C@H]5O)c(OCc5cccc(O)c5)c4O)O3)cc2)=N1. The molecule has 6 atom stereocenters. The average Bonchev–Trinajstić information content (AvgIpc) is 3.94. The van der Waals surface area contributed by atoms with E-state index in [2.05, 4.69) is 15.0 Å². The summed E-state index contributed by atoms with van der Waals surface area (Å²) >= 11 is 0. The topological polar surface area (TPSA) is 266 Å². The molecule has 8 rings (SSSR count). The number of carboxylic acids is 1. The van der Waals surface area contributed by atoms with E-state index in [0.717, 1.165) is 12.1 Å². The van der Waals surface area contributed by atoms with Crippen molar-refractivity contribution in [2.24, 2.45) is 20.4 Å². The lowest BCUT2D eigenvalue weighted by Crippen LogP contribution is -2.76. The van der Waals surface area contributed by atoms with Crippen molar-refractivity contribution >= 4 is 35.3 Å². The van der Waals surface area contributed by atoms with Gasteiger partial charge in [0.1, 0.15) is 71.3 Å². The predicted octanol–water partition coefficient (Wildman–Crippen LogP) is 4.54. The van der Waals surface area contributed by atoms with Gasteiger partial charge in [-0.15, -0.1) is 0 Å². The molecule has 17 heteroatoms. The lowest BCUT2D eigenvalue weighted by Gasteiger charge is -2.57. The molecule has 0 spiro atoms. The van der Waals surface area contributed by atoms with E-state index in [-0.39, 0.29) is 66.1 Å². The maximum atomic E-state index is 13.0. The van der Waals surface area contributed by atoms with Crippen LogP contribution in [0.1, 0.15) is 61.3 Å². The van der Waals surface area contributed by atoms with Gasteiger partial charge in [-0.1, -0.05) is 43.5 Å². The Bertz CT molecular complexity index is 2320. The standard InChI is InChI=1S/C43H44N4O13/c44-33-12-9-25(47-33)13-16-56-27-10-7-24(8-11-27)29-18-28(49)34-30(58-29)19-31(37(35(34)50)57-21-23-5-4-6-26(48)17-23)59-41-36(51)38(52)43(55,39(60-41)40(53)54)42(14-2-1-3-15-42)32-20-45-22-46-32/h4-12,17-19,22,29,36,38-39,41,44,48-52,55H,1-3,13-16,20-21H2,(H,53,54)/t29?,36-,38+,39-,41-,43+/m1/s1. The van der Waals surface area contributed by atoms with E-state index in [0.29, 0.717) is 48.5 Å². The fraction of sp³-hybridized carbons (Fsp3) is 0.372. The van der Waals surface area contributed by atoms with Gasteiger partial charge in [0.25, 0.3) is 0 Å². The van der Waals surface area contributed by atoms with Crippen LogP contribution in [0.25, 0.3) is 5.76 Å². The van der Waals surface area contributed by atoms with Crippen molar-refractivity contribution in [1.82, 2.24) is 0 Å². The fourth-order valence-electron chi connectivity index (χ4n) is 8.62. The highest BCUT2D eigenvalue weighted by molar-refractivity contribution is 6.14. The monoisotopic (exact) mass is 824 g/mol. The largest absolute Gasteiger partial charge is 0.508 e. The summed E-state index contributed by atoms with van der Waals surface area (Å²) in [5.41, 5.74) is -1.95. The van der Waals surface area contributed by atoms with Crippen LogP contribution in [0, 0.1) is 10.8 Å². The van der Waals surface area contributed by atoms with Crippen molar-refractivity contribution in [3.8, 4) is 34.5 Å². The third-order valence-electron chi connectivity index (χ3n) is 11.6. The summed E-state index contributed by atoms with van der Waals surface area (Å²) in [6.07, 6.45) is -0.0896. The Morgan fingerprint density at radius 2 is 1.77 bits per heavy atom. The van der Waals surface area contributed by atoms with Crippen LogP contribution in [0.2, 0.25) is 0 Å². The minimum Gasteiger partial charge on any atom is -0.508 e. The van der Waals surface area contributed by atoms with E-state index < -0.39 is 53.4 Å². The van der Waals surface area contributed by atoms with Crippen LogP contribution in [0.4, 0.5) is 0 Å². The lowest BCUT2D eigenvalue weighted by atomic mass is 9.55. The molecular formula is C43H44N4O13. The number of aromatic hydroxyl groups is 2. The van der Waals surface area contributed by atoms with Gasteiger partial charge in [0, 0.05) is 29.7 Å². The highest BCUT2D eigenvalue weighted by Gasteiger charge is 2.69. The number of aliphatic hydroxyl groups excluding tert-OH is 3. The summed E-state index contributed by atoms with van der Waals surface area (Å²) < 4.78 is 30.1. The van der Waals surface area contributed by atoms with Gasteiger partial charge in [-0.05, 0) is 60.4 Å². The van der Waals surface area contributed by atoms with Gasteiger partial charge in [0.15, 0.2) is 17.6 Å². The molecule has 1 saturated heterocycles. The summed E-state index contributed by atoms with van der Waals surface area (Å²) in [4.78, 5) is 25.6. The summed E-state index contributed by atoms with van der Waals surface area (Å²) in [6.45, 7) is 0.165. The van der Waals surface area contributed by atoms with Gasteiger partial charge in [-0.2, -0.15) is 0 Å². The molecule has 0 aromatic heterocycles. The molecule has 1 aliphatic carbocycles. The minimum absolute atomic E-state index is 0.0498.